The van der Waals surface area contributed by atoms with E-state index in [0.717, 1.165) is 6.54 Å². The molecule has 1 aromatic carbocycles. The third kappa shape index (κ3) is 2.26. The van der Waals surface area contributed by atoms with Crippen LogP contribution in [0.15, 0.2) is 23.4 Å². The van der Waals surface area contributed by atoms with Gasteiger partial charge < -0.3 is 10.4 Å². The van der Waals surface area contributed by atoms with Crippen LogP contribution in [0.3, 0.4) is 0 Å². The summed E-state index contributed by atoms with van der Waals surface area (Å²) in [6.45, 7) is 2.60. The lowest BCUT2D eigenvalue weighted by Crippen LogP contribution is -1.97. The van der Waals surface area contributed by atoms with Gasteiger partial charge in [-0.3, -0.25) is 0 Å². The largest absolute Gasteiger partial charge is 0.392 e. The highest BCUT2D eigenvalue weighted by molar-refractivity contribution is 5.66. The van der Waals surface area contributed by atoms with Crippen LogP contribution < -0.4 is 5.32 Å². The van der Waals surface area contributed by atoms with E-state index in [-0.39, 0.29) is 6.61 Å². The molecule has 0 aliphatic heterocycles. The highest BCUT2D eigenvalue weighted by atomic mass is 16.3. The number of anilines is 1. The van der Waals surface area contributed by atoms with Crippen LogP contribution in [-0.4, -0.2) is 11.7 Å². The fourth-order valence-electron chi connectivity index (χ4n) is 1.09. The Labute approximate surface area is 76.6 Å². The Balaban J connectivity index is 3.00. The van der Waals surface area contributed by atoms with Crippen LogP contribution in [0.25, 0.3) is 0 Å². The summed E-state index contributed by atoms with van der Waals surface area (Å²) in [7, 11) is 0. The molecule has 2 N–H and O–H groups in total. The predicted octanol–water partition coefficient (Wildman–Crippen LogP) is 2.01. The number of aliphatic hydroxyl groups excluding tert-OH is 1. The monoisotopic (exact) mass is 180 g/mol. The van der Waals surface area contributed by atoms with E-state index in [0.29, 0.717) is 16.9 Å². The van der Waals surface area contributed by atoms with Crippen LogP contribution in [0, 0.1) is 4.91 Å². The number of rotatable bonds is 4. The van der Waals surface area contributed by atoms with Gasteiger partial charge in [0, 0.05) is 6.54 Å². The first kappa shape index (κ1) is 9.67. The second-order valence-corrected chi connectivity index (χ2v) is 2.63. The molecule has 0 unspecified atom stereocenters. The zero-order valence-corrected chi connectivity index (χ0v) is 7.45. The van der Waals surface area contributed by atoms with Crippen molar-refractivity contribution in [2.24, 2.45) is 5.18 Å². The third-order valence-electron chi connectivity index (χ3n) is 1.71. The van der Waals surface area contributed by atoms with Gasteiger partial charge in [0.2, 0.25) is 0 Å². The smallest absolute Gasteiger partial charge is 0.131 e. The van der Waals surface area contributed by atoms with Gasteiger partial charge in [-0.15, -0.1) is 4.91 Å². The summed E-state index contributed by atoms with van der Waals surface area (Å²) in [4.78, 5) is 10.4. The lowest BCUT2D eigenvalue weighted by molar-refractivity contribution is 0.282. The minimum absolute atomic E-state index is 0.0745. The molecule has 0 aliphatic rings. The molecule has 0 spiro atoms. The number of hydrogen-bond donors (Lipinski definition) is 2. The number of nitrogens with one attached hydrogen (secondary N) is 1. The molecule has 0 radical (unpaired) electrons. The van der Waals surface area contributed by atoms with Gasteiger partial charge in [-0.2, -0.15) is 0 Å². The maximum Gasteiger partial charge on any atom is 0.131 e. The van der Waals surface area contributed by atoms with Crippen molar-refractivity contribution in [1.82, 2.24) is 0 Å². The third-order valence-corrected chi connectivity index (χ3v) is 1.71. The van der Waals surface area contributed by atoms with Gasteiger partial charge in [0.1, 0.15) is 5.69 Å². The molecule has 0 saturated carbocycles. The Morgan fingerprint density at radius 1 is 1.54 bits per heavy atom. The molecule has 0 saturated heterocycles. The number of nitrogens with zero attached hydrogens (tertiary/aromatic N) is 1. The molecule has 0 amide bonds. The van der Waals surface area contributed by atoms with E-state index in [1.54, 1.807) is 18.2 Å². The first-order valence-corrected chi connectivity index (χ1v) is 4.12. The summed E-state index contributed by atoms with van der Waals surface area (Å²) >= 11 is 0. The van der Waals surface area contributed by atoms with Crippen LogP contribution in [0.4, 0.5) is 11.4 Å². The SMILES string of the molecule is CCNc1ccc(CO)cc1N=O. The predicted molar refractivity (Wildman–Crippen MR) is 52.0 cm³/mol. The molecular formula is C9H12N2O2. The Kier molecular flexibility index (Phi) is 3.40. The van der Waals surface area contributed by atoms with E-state index < -0.39 is 0 Å². The molecular weight excluding hydrogens is 168 g/mol. The standard InChI is InChI=1S/C9H12N2O2/c1-2-10-8-4-3-7(6-12)5-9(8)11-13/h3-5,10,12H,2,6H2,1H3. The highest BCUT2D eigenvalue weighted by Crippen LogP contribution is 2.25. The summed E-state index contributed by atoms with van der Waals surface area (Å²) in [5, 5.41) is 14.7. The molecule has 0 atom stereocenters. The summed E-state index contributed by atoms with van der Waals surface area (Å²) in [6.07, 6.45) is 0. The van der Waals surface area contributed by atoms with Crippen LogP contribution in [-0.2, 0) is 6.61 Å². The van der Waals surface area contributed by atoms with E-state index in [9.17, 15) is 4.91 Å². The molecule has 1 rings (SSSR count). The van der Waals surface area contributed by atoms with Gasteiger partial charge in [-0.1, -0.05) is 6.07 Å². The summed E-state index contributed by atoms with van der Waals surface area (Å²) in [6, 6.07) is 5.07. The number of nitroso groups, excluding NO2 is 1. The molecule has 0 bridgehead atoms. The molecule has 0 heterocycles. The quantitative estimate of drug-likeness (QED) is 0.696. The van der Waals surface area contributed by atoms with Gasteiger partial charge in [-0.05, 0) is 29.8 Å². The van der Waals surface area contributed by atoms with Crippen molar-refractivity contribution >= 4 is 11.4 Å². The zero-order chi connectivity index (χ0) is 9.68. The number of benzene rings is 1. The Morgan fingerprint density at radius 2 is 2.31 bits per heavy atom. The Hall–Kier alpha value is -1.42. The molecule has 0 aromatic heterocycles. The Morgan fingerprint density at radius 3 is 2.85 bits per heavy atom. The first-order chi connectivity index (χ1) is 6.31. The normalized spacial score (nSPS) is 9.69. The van der Waals surface area contributed by atoms with Gasteiger partial charge in [0.15, 0.2) is 0 Å². The minimum Gasteiger partial charge on any atom is -0.392 e. The maximum atomic E-state index is 10.4. The van der Waals surface area contributed by atoms with E-state index in [1.165, 1.54) is 0 Å². The average molecular weight is 180 g/mol. The van der Waals surface area contributed by atoms with E-state index in [4.69, 9.17) is 5.11 Å². The molecule has 0 aliphatic carbocycles. The van der Waals surface area contributed by atoms with Gasteiger partial charge in [0.25, 0.3) is 0 Å². The summed E-state index contributed by atoms with van der Waals surface area (Å²) in [5.41, 5.74) is 1.74. The van der Waals surface area contributed by atoms with E-state index in [2.05, 4.69) is 10.5 Å². The van der Waals surface area contributed by atoms with Crippen molar-refractivity contribution in [1.29, 1.82) is 0 Å². The van der Waals surface area contributed by atoms with Crippen molar-refractivity contribution in [3.05, 3.63) is 28.7 Å². The fourth-order valence-corrected chi connectivity index (χ4v) is 1.09. The lowest BCUT2D eigenvalue weighted by atomic mass is 10.2. The molecule has 70 valence electrons. The second kappa shape index (κ2) is 4.57. The van der Waals surface area contributed by atoms with Crippen molar-refractivity contribution < 1.29 is 5.11 Å². The molecule has 0 fully saturated rings. The lowest BCUT2D eigenvalue weighted by Gasteiger charge is -2.05. The Bertz CT molecular complexity index is 300. The van der Waals surface area contributed by atoms with Crippen molar-refractivity contribution in [3.63, 3.8) is 0 Å². The van der Waals surface area contributed by atoms with Crippen molar-refractivity contribution in [2.45, 2.75) is 13.5 Å². The summed E-state index contributed by atoms with van der Waals surface area (Å²) in [5.74, 6) is 0. The van der Waals surface area contributed by atoms with Crippen LogP contribution in [0.5, 0.6) is 0 Å². The molecule has 4 nitrogen and oxygen atoms in total. The van der Waals surface area contributed by atoms with Crippen LogP contribution >= 0.6 is 0 Å². The van der Waals surface area contributed by atoms with Gasteiger partial charge in [0.05, 0.1) is 12.3 Å². The second-order valence-electron chi connectivity index (χ2n) is 2.63. The van der Waals surface area contributed by atoms with Crippen molar-refractivity contribution in [3.8, 4) is 0 Å². The van der Waals surface area contributed by atoms with Crippen LogP contribution in [0.2, 0.25) is 0 Å². The van der Waals surface area contributed by atoms with E-state index in [1.807, 2.05) is 6.92 Å². The van der Waals surface area contributed by atoms with Crippen molar-refractivity contribution in [2.75, 3.05) is 11.9 Å². The minimum atomic E-state index is -0.0745. The zero-order valence-electron chi connectivity index (χ0n) is 7.45. The molecule has 13 heavy (non-hydrogen) atoms. The number of aliphatic hydroxyl groups is 1. The highest BCUT2D eigenvalue weighted by Gasteiger charge is 2.02. The van der Waals surface area contributed by atoms with Crippen LogP contribution in [0.1, 0.15) is 12.5 Å². The molecule has 4 heteroatoms. The number of hydrogen-bond acceptors (Lipinski definition) is 4. The molecule has 1 aromatic rings. The fraction of sp³-hybridized carbons (Fsp3) is 0.333. The van der Waals surface area contributed by atoms with Gasteiger partial charge >= 0.3 is 0 Å². The summed E-state index contributed by atoms with van der Waals surface area (Å²) < 4.78 is 0. The first-order valence-electron chi connectivity index (χ1n) is 4.12. The topological polar surface area (TPSA) is 61.7 Å². The maximum absolute atomic E-state index is 10.4. The average Bonchev–Trinajstić information content (AvgIpc) is 2.19. The van der Waals surface area contributed by atoms with Gasteiger partial charge in [-0.25, -0.2) is 0 Å². The van der Waals surface area contributed by atoms with E-state index >= 15 is 0 Å².